The molecule has 1 aliphatic carbocycles. The van der Waals surface area contributed by atoms with Gasteiger partial charge in [0.2, 0.25) is 0 Å². The first kappa shape index (κ1) is 25.3. The third-order valence-corrected chi connectivity index (χ3v) is 0.586. The van der Waals surface area contributed by atoms with E-state index in [2.05, 4.69) is 31.8 Å². The van der Waals surface area contributed by atoms with Crippen LogP contribution in [0, 0.1) is 18.9 Å². The summed E-state index contributed by atoms with van der Waals surface area (Å²) in [5.41, 5.74) is 0. The Morgan fingerprint density at radius 3 is 1.38 bits per heavy atom. The molecule has 0 saturated heterocycles. The van der Waals surface area contributed by atoms with Crippen molar-refractivity contribution in [1.82, 2.24) is 0 Å². The van der Waals surface area contributed by atoms with Crippen LogP contribution in [0.2, 0.25) is 19.6 Å². The van der Waals surface area contributed by atoms with E-state index in [0.717, 1.165) is 6.42 Å². The average Bonchev–Trinajstić information content (AvgIpc) is 2.60. The van der Waals surface area contributed by atoms with Crippen LogP contribution in [0.4, 0.5) is 0 Å². The molecule has 0 aliphatic heterocycles. The summed E-state index contributed by atoms with van der Waals surface area (Å²) in [6, 6.07) is 0. The molecule has 0 spiro atoms. The van der Waals surface area contributed by atoms with Gasteiger partial charge in [-0.25, -0.2) is 12.2 Å². The second-order valence-corrected chi connectivity index (χ2v) is 6.66. The van der Waals surface area contributed by atoms with Crippen molar-refractivity contribution in [1.29, 1.82) is 0 Å². The minimum Gasteiger partial charge on any atom is -0.335 e. The molecule has 16 heavy (non-hydrogen) atoms. The zero-order valence-electron chi connectivity index (χ0n) is 11.9. The maximum atomic E-state index is 2.99. The van der Waals surface area contributed by atoms with Gasteiger partial charge in [0.15, 0.2) is 0 Å². The van der Waals surface area contributed by atoms with E-state index < -0.39 is 0 Å². The van der Waals surface area contributed by atoms with Crippen LogP contribution in [0.1, 0.15) is 34.1 Å². The van der Waals surface area contributed by atoms with E-state index in [0.29, 0.717) is 0 Å². The Morgan fingerprint density at radius 1 is 1.00 bits per heavy atom. The molecule has 0 aromatic rings. The van der Waals surface area contributed by atoms with Gasteiger partial charge in [-0.3, -0.25) is 6.08 Å². The van der Waals surface area contributed by atoms with Crippen molar-refractivity contribution in [3.05, 3.63) is 37.1 Å². The minimum atomic E-state index is 0. The van der Waals surface area contributed by atoms with Crippen molar-refractivity contribution < 1.29 is 21.1 Å². The van der Waals surface area contributed by atoms with Crippen LogP contribution in [0.3, 0.4) is 0 Å². The molecule has 0 atom stereocenters. The Hall–Kier alpha value is 0.385. The van der Waals surface area contributed by atoms with Crippen molar-refractivity contribution in [2.45, 2.75) is 53.8 Å². The minimum absolute atomic E-state index is 0. The first-order chi connectivity index (χ1) is 7.06. The van der Waals surface area contributed by atoms with E-state index in [1.807, 2.05) is 52.7 Å². The smallest absolute Gasteiger partial charge is 0.0379 e. The van der Waals surface area contributed by atoms with Crippen molar-refractivity contribution in [3.8, 4) is 0 Å². The second-order valence-electron chi connectivity index (χ2n) is 3.66. The number of rotatable bonds is 0. The largest absolute Gasteiger partial charge is 0.335 e. The standard InChI is InChI=1S/C5H5.C3H9Si.2C3H7.Pt/c1-2-4-5-3-1;1-4(2)3;2*1-3-2;/h1-3H,4H2;1-3H3;2*3H,1-2H3;/q-1;;2*-1;. The van der Waals surface area contributed by atoms with Crippen molar-refractivity contribution in [2.75, 3.05) is 0 Å². The summed E-state index contributed by atoms with van der Waals surface area (Å²) in [4.78, 5) is 0. The first-order valence-electron chi connectivity index (χ1n) is 5.53. The molecule has 0 amide bonds. The quantitative estimate of drug-likeness (QED) is 0.377. The summed E-state index contributed by atoms with van der Waals surface area (Å²) in [5.74, 6) is 0. The van der Waals surface area contributed by atoms with Gasteiger partial charge in [0, 0.05) is 29.9 Å². The van der Waals surface area contributed by atoms with Crippen LogP contribution in [-0.4, -0.2) is 8.80 Å². The van der Waals surface area contributed by atoms with Crippen LogP contribution in [0.5, 0.6) is 0 Å². The molecule has 0 bridgehead atoms. The Balaban J connectivity index is -0.0000000607. The summed E-state index contributed by atoms with van der Waals surface area (Å²) in [6.07, 6.45) is 14.0. The fourth-order valence-corrected chi connectivity index (χ4v) is 0.340. The third-order valence-electron chi connectivity index (χ3n) is 0.586. The summed E-state index contributed by atoms with van der Waals surface area (Å²) in [6.45, 7) is 14.8. The monoisotopic (exact) mass is 419 g/mol. The van der Waals surface area contributed by atoms with Crippen molar-refractivity contribution in [2.24, 2.45) is 0 Å². The average molecular weight is 420 g/mol. The van der Waals surface area contributed by atoms with Crippen LogP contribution in [-0.2, 0) is 21.1 Å². The fourth-order valence-electron chi connectivity index (χ4n) is 0.340. The van der Waals surface area contributed by atoms with Gasteiger partial charge in [-0.15, -0.1) is 6.42 Å². The number of hydrogen-bond donors (Lipinski definition) is 0. The predicted molar refractivity (Wildman–Crippen MR) is 76.2 cm³/mol. The molecule has 1 rings (SSSR count). The molecule has 101 valence electrons. The number of allylic oxidation sites excluding steroid dienone is 4. The van der Waals surface area contributed by atoms with Gasteiger partial charge in [0.05, 0.1) is 0 Å². The molecule has 0 fully saturated rings. The molecular formula is C14H28PtSi-3. The van der Waals surface area contributed by atoms with Crippen molar-refractivity contribution in [3.63, 3.8) is 0 Å². The molecule has 0 unspecified atom stereocenters. The zero-order valence-corrected chi connectivity index (χ0v) is 15.2. The summed E-state index contributed by atoms with van der Waals surface area (Å²) < 4.78 is 0. The van der Waals surface area contributed by atoms with Crippen LogP contribution >= 0.6 is 0 Å². The summed E-state index contributed by atoms with van der Waals surface area (Å²) >= 11 is 0. The predicted octanol–water partition coefficient (Wildman–Crippen LogP) is 5.13. The summed E-state index contributed by atoms with van der Waals surface area (Å²) in [7, 11) is 0.120. The van der Waals surface area contributed by atoms with E-state index in [1.54, 1.807) is 0 Å². The van der Waals surface area contributed by atoms with E-state index in [-0.39, 0.29) is 29.9 Å². The molecule has 1 radical (unpaired) electrons. The van der Waals surface area contributed by atoms with Gasteiger partial charge in [-0.2, -0.15) is 33.8 Å². The number of hydrogen-bond acceptors (Lipinski definition) is 0. The maximum absolute atomic E-state index is 2.99. The Labute approximate surface area is 120 Å². The topological polar surface area (TPSA) is 0 Å². The van der Waals surface area contributed by atoms with Crippen LogP contribution in [0.15, 0.2) is 18.2 Å². The summed E-state index contributed by atoms with van der Waals surface area (Å²) in [5, 5.41) is 0. The van der Waals surface area contributed by atoms with Crippen LogP contribution < -0.4 is 0 Å². The Bertz CT molecular complexity index is 114. The van der Waals surface area contributed by atoms with Crippen LogP contribution in [0.25, 0.3) is 0 Å². The zero-order chi connectivity index (χ0) is 12.5. The van der Waals surface area contributed by atoms with Gasteiger partial charge < -0.3 is 12.8 Å². The molecule has 0 saturated carbocycles. The van der Waals surface area contributed by atoms with E-state index >= 15 is 0 Å². The molecule has 1 aliphatic rings. The Kier molecular flexibility index (Phi) is 46.6. The SMILES string of the molecule is C[CH-]C.C[CH-]C.C[Si](C)C.[C-]1=CC=CC1.[Pt]. The van der Waals surface area contributed by atoms with E-state index in [9.17, 15) is 0 Å². The van der Waals surface area contributed by atoms with E-state index in [1.165, 1.54) is 0 Å². The van der Waals surface area contributed by atoms with Gasteiger partial charge in [0.1, 0.15) is 0 Å². The first-order valence-corrected chi connectivity index (χ1v) is 8.53. The normalized spacial score (nSPS) is 10.0. The van der Waals surface area contributed by atoms with E-state index in [4.69, 9.17) is 0 Å². The molecule has 0 N–H and O–H groups in total. The Morgan fingerprint density at radius 2 is 1.31 bits per heavy atom. The van der Waals surface area contributed by atoms with Gasteiger partial charge >= 0.3 is 0 Å². The second kappa shape index (κ2) is 29.5. The van der Waals surface area contributed by atoms with Gasteiger partial charge in [0.25, 0.3) is 0 Å². The molecule has 0 heterocycles. The molecule has 2 heteroatoms. The molecule has 0 aromatic carbocycles. The third kappa shape index (κ3) is 88.9. The molecule has 0 aromatic heterocycles. The molecular weight excluding hydrogens is 391 g/mol. The van der Waals surface area contributed by atoms with Crippen molar-refractivity contribution >= 4 is 8.80 Å². The fraction of sp³-hybridized carbons (Fsp3) is 0.571. The maximum Gasteiger partial charge on any atom is 0.0379 e. The molecule has 0 nitrogen and oxygen atoms in total. The van der Waals surface area contributed by atoms with Gasteiger partial charge in [-0.05, 0) is 0 Å². The van der Waals surface area contributed by atoms with Gasteiger partial charge in [-0.1, -0.05) is 19.6 Å².